The Hall–Kier alpha value is -1.95. The molecular weight excluding hydrogens is 499 g/mol. The molecule has 35 heavy (non-hydrogen) atoms. The minimum atomic E-state index is -4.43. The zero-order chi connectivity index (χ0) is 24.7. The average Bonchev–Trinajstić information content (AvgIpc) is 3.23. The summed E-state index contributed by atoms with van der Waals surface area (Å²) in [6.45, 7) is 2.50. The minimum Gasteiger partial charge on any atom is -0.748 e. The summed E-state index contributed by atoms with van der Waals surface area (Å²) in [7, 11) is -1.36. The van der Waals surface area contributed by atoms with Gasteiger partial charge in [-0.05, 0) is 37.5 Å². The number of rotatable bonds is 11. The molecule has 2 aromatic carbocycles. The van der Waals surface area contributed by atoms with E-state index in [-0.39, 0.29) is 47.7 Å². The molecule has 0 saturated carbocycles. The van der Waals surface area contributed by atoms with Crippen molar-refractivity contribution in [2.45, 2.75) is 32.1 Å². The molecule has 0 radical (unpaired) electrons. The molecular formula is C24H27N2NaO6S2. The number of hydrogen-bond donors (Lipinski definition) is 0. The van der Waals surface area contributed by atoms with E-state index in [4.69, 9.17) is 9.47 Å². The Morgan fingerprint density at radius 2 is 1.74 bits per heavy atom. The molecule has 0 bridgehead atoms. The molecule has 1 heterocycles. The molecule has 0 atom stereocenters. The van der Waals surface area contributed by atoms with Crippen LogP contribution < -0.4 is 39.0 Å². The standard InChI is InChI=1S/C24H28N2O6S2.Na/c1-17-21(31-2)12-19(13-22(17)32-3)24(27)26(11-7-10-18-8-5-4-6-9-18)14-23-25-20(15-33-23)16-34(28,29)30;/h4-6,8-9,12-13,15H,7,10-11,14,16H2,1-3H3,(H,28,29,30);/q;+1/p-1. The summed E-state index contributed by atoms with van der Waals surface area (Å²) in [4.78, 5) is 19.4. The van der Waals surface area contributed by atoms with Crippen LogP contribution in [0.3, 0.4) is 0 Å². The van der Waals surface area contributed by atoms with Crippen molar-refractivity contribution in [3.8, 4) is 11.5 Å². The number of carbonyl (C=O) groups excluding carboxylic acids is 1. The van der Waals surface area contributed by atoms with Gasteiger partial charge in [0, 0.05) is 23.1 Å². The number of benzene rings is 2. The van der Waals surface area contributed by atoms with Crippen LogP contribution in [0.15, 0.2) is 47.8 Å². The molecule has 0 spiro atoms. The first kappa shape index (κ1) is 29.3. The Kier molecular flexibility index (Phi) is 11.2. The second-order valence-corrected chi connectivity index (χ2v) is 10.1. The Balaban J connectivity index is 0.00000432. The van der Waals surface area contributed by atoms with Gasteiger partial charge in [-0.25, -0.2) is 13.4 Å². The summed E-state index contributed by atoms with van der Waals surface area (Å²) in [6, 6.07) is 13.4. The quantitative estimate of drug-likeness (QED) is 0.269. The normalized spacial score (nSPS) is 11.0. The molecule has 0 N–H and O–H groups in total. The minimum absolute atomic E-state index is 0. The molecule has 0 fully saturated rings. The first-order valence-corrected chi connectivity index (χ1v) is 13.1. The number of amides is 1. The van der Waals surface area contributed by atoms with Gasteiger partial charge in [0.1, 0.15) is 26.6 Å². The summed E-state index contributed by atoms with van der Waals surface area (Å²) in [6.07, 6.45) is 1.52. The van der Waals surface area contributed by atoms with Crippen molar-refractivity contribution < 1.29 is 56.8 Å². The third kappa shape index (κ3) is 8.59. The molecule has 1 amide bonds. The monoisotopic (exact) mass is 526 g/mol. The van der Waals surface area contributed by atoms with Gasteiger partial charge in [0.15, 0.2) is 0 Å². The SMILES string of the molecule is COc1cc(C(=O)N(CCCc2ccccc2)Cc2nc(CS(=O)(=O)[O-])cs2)cc(OC)c1C.[Na+]. The molecule has 1 aromatic heterocycles. The van der Waals surface area contributed by atoms with Gasteiger partial charge in [-0.3, -0.25) is 4.79 Å². The molecule has 0 unspecified atom stereocenters. The molecule has 3 aromatic rings. The molecule has 0 aliphatic rings. The van der Waals surface area contributed by atoms with Gasteiger partial charge >= 0.3 is 29.6 Å². The molecule has 0 saturated heterocycles. The van der Waals surface area contributed by atoms with Crippen LogP contribution in [0.5, 0.6) is 11.5 Å². The maximum Gasteiger partial charge on any atom is 1.00 e. The van der Waals surface area contributed by atoms with Gasteiger partial charge in [0.05, 0.1) is 32.2 Å². The van der Waals surface area contributed by atoms with E-state index in [2.05, 4.69) is 4.98 Å². The fourth-order valence-corrected chi connectivity index (χ4v) is 5.02. The van der Waals surface area contributed by atoms with Gasteiger partial charge in [0.2, 0.25) is 0 Å². The van der Waals surface area contributed by atoms with Crippen LogP contribution in [0.1, 0.15) is 38.6 Å². The summed E-state index contributed by atoms with van der Waals surface area (Å²) in [5, 5.41) is 2.09. The van der Waals surface area contributed by atoms with Crippen molar-refractivity contribution in [2.75, 3.05) is 20.8 Å². The topological polar surface area (TPSA) is 109 Å². The molecule has 3 rings (SSSR count). The number of methoxy groups -OCH3 is 2. The summed E-state index contributed by atoms with van der Waals surface area (Å²) in [5.74, 6) is 0.198. The first-order chi connectivity index (χ1) is 16.2. The largest absolute Gasteiger partial charge is 1.00 e. The van der Waals surface area contributed by atoms with Crippen LogP contribution in [0.4, 0.5) is 0 Å². The molecule has 11 heteroatoms. The Morgan fingerprint density at radius 1 is 1.11 bits per heavy atom. The van der Waals surface area contributed by atoms with Crippen LogP contribution in [0.2, 0.25) is 0 Å². The van der Waals surface area contributed by atoms with E-state index in [1.165, 1.54) is 36.5 Å². The van der Waals surface area contributed by atoms with Gasteiger partial charge in [0.25, 0.3) is 5.91 Å². The summed E-state index contributed by atoms with van der Waals surface area (Å²) < 4.78 is 44.0. The van der Waals surface area contributed by atoms with Crippen LogP contribution in [0.25, 0.3) is 0 Å². The van der Waals surface area contributed by atoms with E-state index in [0.717, 1.165) is 18.4 Å². The van der Waals surface area contributed by atoms with Crippen LogP contribution in [0, 0.1) is 6.92 Å². The number of thiazole rings is 1. The fourth-order valence-electron chi connectivity index (χ4n) is 3.60. The number of aromatic nitrogens is 1. The van der Waals surface area contributed by atoms with E-state index in [1.807, 2.05) is 37.3 Å². The van der Waals surface area contributed by atoms with Crippen molar-refractivity contribution in [1.29, 1.82) is 0 Å². The predicted octanol–water partition coefficient (Wildman–Crippen LogP) is 0.793. The zero-order valence-corrected chi connectivity index (χ0v) is 23.9. The van der Waals surface area contributed by atoms with Crippen molar-refractivity contribution in [3.63, 3.8) is 0 Å². The summed E-state index contributed by atoms with van der Waals surface area (Å²) >= 11 is 1.22. The van der Waals surface area contributed by atoms with Gasteiger partial charge in [-0.15, -0.1) is 11.3 Å². The zero-order valence-electron chi connectivity index (χ0n) is 20.3. The van der Waals surface area contributed by atoms with Crippen molar-refractivity contribution in [3.05, 3.63) is 75.2 Å². The Bertz CT molecular complexity index is 1210. The van der Waals surface area contributed by atoms with Crippen LogP contribution in [-0.4, -0.2) is 49.5 Å². The molecule has 182 valence electrons. The van der Waals surface area contributed by atoms with E-state index in [9.17, 15) is 17.8 Å². The maximum atomic E-state index is 13.5. The first-order valence-electron chi connectivity index (χ1n) is 10.6. The molecule has 0 aliphatic heterocycles. The Labute approximate surface area is 232 Å². The van der Waals surface area contributed by atoms with Gasteiger partial charge < -0.3 is 18.9 Å². The van der Waals surface area contributed by atoms with Gasteiger partial charge in [-0.2, -0.15) is 0 Å². The van der Waals surface area contributed by atoms with E-state index >= 15 is 0 Å². The average molecular weight is 527 g/mol. The third-order valence-electron chi connectivity index (χ3n) is 5.27. The maximum absolute atomic E-state index is 13.5. The van der Waals surface area contributed by atoms with E-state index in [0.29, 0.717) is 28.6 Å². The number of carbonyl (C=O) groups is 1. The number of nitrogens with zero attached hydrogens (tertiary/aromatic N) is 2. The van der Waals surface area contributed by atoms with Crippen LogP contribution in [-0.2, 0) is 28.8 Å². The second kappa shape index (κ2) is 13.4. The summed E-state index contributed by atoms with van der Waals surface area (Å²) in [5.41, 5.74) is 2.56. The predicted molar refractivity (Wildman–Crippen MR) is 129 cm³/mol. The fraction of sp³-hybridized carbons (Fsp3) is 0.333. The Morgan fingerprint density at radius 3 is 2.31 bits per heavy atom. The van der Waals surface area contributed by atoms with Crippen molar-refractivity contribution in [2.24, 2.45) is 0 Å². The molecule has 8 nitrogen and oxygen atoms in total. The third-order valence-corrected chi connectivity index (χ3v) is 6.80. The van der Waals surface area contributed by atoms with Crippen molar-refractivity contribution >= 4 is 27.4 Å². The van der Waals surface area contributed by atoms with E-state index < -0.39 is 15.9 Å². The van der Waals surface area contributed by atoms with Crippen LogP contribution >= 0.6 is 11.3 Å². The smallest absolute Gasteiger partial charge is 0.748 e. The number of ether oxygens (including phenoxy) is 2. The van der Waals surface area contributed by atoms with Gasteiger partial charge in [-0.1, -0.05) is 30.3 Å². The number of hydrogen-bond acceptors (Lipinski definition) is 8. The van der Waals surface area contributed by atoms with E-state index in [1.54, 1.807) is 17.0 Å². The van der Waals surface area contributed by atoms with Crippen molar-refractivity contribution in [1.82, 2.24) is 9.88 Å². The second-order valence-electron chi connectivity index (χ2n) is 7.76. The molecule has 0 aliphatic carbocycles. The number of aryl methyl sites for hydroxylation is 1.